The number of aromatic nitrogens is 3. The lowest BCUT2D eigenvalue weighted by Crippen LogP contribution is -2.38. The standard InChI is InChI=1S/C23H26N4O3S/c28-23(17-5-2-1-3-6-17)22-13-18-15-26(16-19(18)14-24-22)31(29,30)21-9-7-20(8-10-21)27-12-4-11-25-27/h1-6,11-14,20-21,23,28H,7-10,15-16H2. The van der Waals surface area contributed by atoms with Gasteiger partial charge in [0.15, 0.2) is 0 Å². The van der Waals surface area contributed by atoms with Gasteiger partial charge in [0, 0.05) is 31.7 Å². The molecule has 0 saturated heterocycles. The van der Waals surface area contributed by atoms with Gasteiger partial charge in [-0.05, 0) is 54.5 Å². The smallest absolute Gasteiger partial charge is 0.217 e. The van der Waals surface area contributed by atoms with Crippen LogP contribution in [0, 0.1) is 0 Å². The summed E-state index contributed by atoms with van der Waals surface area (Å²) in [5, 5.41) is 14.6. The number of hydrogen-bond donors (Lipinski definition) is 1. The first-order chi connectivity index (χ1) is 15.0. The first-order valence-electron chi connectivity index (χ1n) is 10.7. The second-order valence-electron chi connectivity index (χ2n) is 8.42. The largest absolute Gasteiger partial charge is 0.382 e. The number of sulfonamides is 1. The minimum absolute atomic E-state index is 0.281. The summed E-state index contributed by atoms with van der Waals surface area (Å²) in [6.07, 6.45) is 7.54. The molecule has 0 radical (unpaired) electrons. The molecule has 1 N–H and O–H groups in total. The molecule has 162 valence electrons. The Labute approximate surface area is 182 Å². The van der Waals surface area contributed by atoms with Gasteiger partial charge in [0.1, 0.15) is 6.10 Å². The Balaban J connectivity index is 1.28. The summed E-state index contributed by atoms with van der Waals surface area (Å²) in [6.45, 7) is 0.694. The Morgan fingerprint density at radius 2 is 1.74 bits per heavy atom. The van der Waals surface area contributed by atoms with Gasteiger partial charge in [0.25, 0.3) is 0 Å². The van der Waals surface area contributed by atoms with Crippen LogP contribution in [0.2, 0.25) is 0 Å². The van der Waals surface area contributed by atoms with Crippen molar-refractivity contribution in [2.24, 2.45) is 0 Å². The fourth-order valence-corrected chi connectivity index (χ4v) is 6.65. The van der Waals surface area contributed by atoms with E-state index in [4.69, 9.17) is 0 Å². The molecule has 1 aliphatic carbocycles. The molecule has 3 heterocycles. The highest BCUT2D eigenvalue weighted by Gasteiger charge is 2.38. The maximum atomic E-state index is 13.3. The summed E-state index contributed by atoms with van der Waals surface area (Å²) in [5.74, 6) is 0. The average Bonchev–Trinajstić information content (AvgIpc) is 3.49. The number of aliphatic hydroxyl groups is 1. The van der Waals surface area contributed by atoms with Crippen LogP contribution in [0.15, 0.2) is 61.1 Å². The molecule has 7 nitrogen and oxygen atoms in total. The van der Waals surface area contributed by atoms with E-state index in [0.717, 1.165) is 29.5 Å². The van der Waals surface area contributed by atoms with Crippen molar-refractivity contribution in [3.63, 3.8) is 0 Å². The highest BCUT2D eigenvalue weighted by Crippen LogP contribution is 2.36. The Kier molecular flexibility index (Phi) is 5.37. The average molecular weight is 439 g/mol. The van der Waals surface area contributed by atoms with Crippen molar-refractivity contribution < 1.29 is 13.5 Å². The molecule has 31 heavy (non-hydrogen) atoms. The second-order valence-corrected chi connectivity index (χ2v) is 10.6. The van der Waals surface area contributed by atoms with E-state index in [1.54, 1.807) is 16.7 Å². The highest BCUT2D eigenvalue weighted by molar-refractivity contribution is 7.89. The van der Waals surface area contributed by atoms with Gasteiger partial charge in [-0.15, -0.1) is 0 Å². The molecule has 1 aromatic carbocycles. The van der Waals surface area contributed by atoms with E-state index in [0.29, 0.717) is 31.6 Å². The lowest BCUT2D eigenvalue weighted by atomic mass is 9.95. The van der Waals surface area contributed by atoms with Crippen LogP contribution in [0.1, 0.15) is 60.2 Å². The summed E-state index contributed by atoms with van der Waals surface area (Å²) in [6, 6.07) is 13.4. The molecule has 1 aliphatic heterocycles. The molecular weight excluding hydrogens is 412 g/mol. The molecular formula is C23H26N4O3S. The van der Waals surface area contributed by atoms with Gasteiger partial charge in [-0.2, -0.15) is 9.40 Å². The topological polar surface area (TPSA) is 88.3 Å². The Morgan fingerprint density at radius 3 is 2.45 bits per heavy atom. The number of pyridine rings is 1. The van der Waals surface area contributed by atoms with Crippen LogP contribution in [0.3, 0.4) is 0 Å². The molecule has 2 aliphatic rings. The highest BCUT2D eigenvalue weighted by atomic mass is 32.2. The van der Waals surface area contributed by atoms with E-state index in [2.05, 4.69) is 10.1 Å². The third kappa shape index (κ3) is 3.91. The lowest BCUT2D eigenvalue weighted by Gasteiger charge is -2.31. The predicted octanol–water partition coefficient (Wildman–Crippen LogP) is 3.19. The summed E-state index contributed by atoms with van der Waals surface area (Å²) >= 11 is 0. The minimum atomic E-state index is -3.39. The molecule has 1 unspecified atom stereocenters. The Hall–Kier alpha value is -2.55. The summed E-state index contributed by atoms with van der Waals surface area (Å²) in [7, 11) is -3.39. The number of rotatable bonds is 5. The van der Waals surface area contributed by atoms with Crippen molar-refractivity contribution >= 4 is 10.0 Å². The summed E-state index contributed by atoms with van der Waals surface area (Å²) < 4.78 is 30.2. The number of fused-ring (bicyclic) bond motifs is 1. The zero-order valence-electron chi connectivity index (χ0n) is 17.2. The molecule has 0 spiro atoms. The second kappa shape index (κ2) is 8.18. The Morgan fingerprint density at radius 1 is 1.00 bits per heavy atom. The number of nitrogens with zero attached hydrogens (tertiary/aromatic N) is 4. The monoisotopic (exact) mass is 438 g/mol. The number of benzene rings is 1. The van der Waals surface area contributed by atoms with E-state index >= 15 is 0 Å². The molecule has 0 bridgehead atoms. The molecule has 1 atom stereocenters. The van der Waals surface area contributed by atoms with Crippen LogP contribution < -0.4 is 0 Å². The minimum Gasteiger partial charge on any atom is -0.382 e. The van der Waals surface area contributed by atoms with E-state index in [1.165, 1.54) is 0 Å². The van der Waals surface area contributed by atoms with Gasteiger partial charge in [-0.3, -0.25) is 9.67 Å². The zero-order valence-corrected chi connectivity index (χ0v) is 18.0. The van der Waals surface area contributed by atoms with Gasteiger partial charge in [0.2, 0.25) is 10.0 Å². The quantitative estimate of drug-likeness (QED) is 0.661. The maximum Gasteiger partial charge on any atom is 0.217 e. The van der Waals surface area contributed by atoms with Crippen molar-refractivity contribution in [1.82, 2.24) is 19.1 Å². The van der Waals surface area contributed by atoms with E-state index in [1.807, 2.05) is 53.3 Å². The Bertz CT molecular complexity index is 1140. The summed E-state index contributed by atoms with van der Waals surface area (Å²) in [4.78, 5) is 4.41. The van der Waals surface area contributed by atoms with Crippen LogP contribution >= 0.6 is 0 Å². The molecule has 1 fully saturated rings. The van der Waals surface area contributed by atoms with E-state index < -0.39 is 16.1 Å². The molecule has 5 rings (SSSR count). The van der Waals surface area contributed by atoms with Crippen molar-refractivity contribution in [3.05, 3.63) is 83.4 Å². The van der Waals surface area contributed by atoms with E-state index in [-0.39, 0.29) is 11.3 Å². The van der Waals surface area contributed by atoms with Crippen molar-refractivity contribution in [3.8, 4) is 0 Å². The van der Waals surface area contributed by atoms with Crippen LogP contribution in [-0.4, -0.2) is 37.8 Å². The van der Waals surface area contributed by atoms with Crippen LogP contribution in [0.4, 0.5) is 0 Å². The zero-order chi connectivity index (χ0) is 21.4. The predicted molar refractivity (Wildman–Crippen MR) is 116 cm³/mol. The maximum absolute atomic E-state index is 13.3. The SMILES string of the molecule is O=S(=O)(C1CCC(n2cccn2)CC1)N1Cc2cnc(C(O)c3ccccc3)cc2C1. The number of aliphatic hydroxyl groups excluding tert-OH is 1. The van der Waals surface area contributed by atoms with Gasteiger partial charge in [-0.25, -0.2) is 8.42 Å². The molecule has 8 heteroatoms. The number of hydrogen-bond acceptors (Lipinski definition) is 5. The van der Waals surface area contributed by atoms with Gasteiger partial charge < -0.3 is 5.11 Å². The lowest BCUT2D eigenvalue weighted by molar-refractivity contribution is 0.215. The first-order valence-corrected chi connectivity index (χ1v) is 12.2. The fraction of sp³-hybridized carbons (Fsp3) is 0.391. The van der Waals surface area contributed by atoms with Gasteiger partial charge in [-0.1, -0.05) is 30.3 Å². The normalized spacial score (nSPS) is 22.9. The molecule has 1 saturated carbocycles. The van der Waals surface area contributed by atoms with Crippen molar-refractivity contribution in [2.75, 3.05) is 0 Å². The van der Waals surface area contributed by atoms with Crippen LogP contribution in [0.5, 0.6) is 0 Å². The fourth-order valence-electron chi connectivity index (χ4n) is 4.72. The molecule has 3 aromatic rings. The van der Waals surface area contributed by atoms with Gasteiger partial charge in [0.05, 0.1) is 17.0 Å². The van der Waals surface area contributed by atoms with Crippen molar-refractivity contribution in [2.45, 2.75) is 56.2 Å². The van der Waals surface area contributed by atoms with Crippen LogP contribution in [0.25, 0.3) is 0 Å². The third-order valence-corrected chi connectivity index (χ3v) is 8.81. The van der Waals surface area contributed by atoms with Crippen LogP contribution in [-0.2, 0) is 23.1 Å². The molecule has 2 aromatic heterocycles. The third-order valence-electron chi connectivity index (χ3n) is 6.52. The summed E-state index contributed by atoms with van der Waals surface area (Å²) in [5.41, 5.74) is 3.15. The molecule has 0 amide bonds. The first kappa shape index (κ1) is 20.4. The van der Waals surface area contributed by atoms with Crippen molar-refractivity contribution in [1.29, 1.82) is 0 Å². The van der Waals surface area contributed by atoms with E-state index in [9.17, 15) is 13.5 Å². The van der Waals surface area contributed by atoms with Gasteiger partial charge >= 0.3 is 0 Å².